The lowest BCUT2D eigenvalue weighted by molar-refractivity contribution is -0.0160. The number of rotatable bonds is 10. The minimum atomic E-state index is 0.316. The summed E-state index contributed by atoms with van der Waals surface area (Å²) in [5.41, 5.74) is 0. The topological polar surface area (TPSA) is 21.3 Å². The Morgan fingerprint density at radius 2 is 1.75 bits per heavy atom. The van der Waals surface area contributed by atoms with Crippen molar-refractivity contribution in [2.45, 2.75) is 84.5 Å². The molecular formula is C14H31NO. The molecule has 0 aromatic rings. The van der Waals surface area contributed by atoms with Crippen LogP contribution in [0.5, 0.6) is 0 Å². The standard InChI is InChI=1S/C14H31NO/c1-6-8-9-10-11-12(3)16-13(4)14(7-2)15-5/h12-15H,6-11H2,1-5H3. The van der Waals surface area contributed by atoms with Crippen LogP contribution in [0.1, 0.15) is 66.2 Å². The van der Waals surface area contributed by atoms with Crippen molar-refractivity contribution in [2.24, 2.45) is 0 Å². The smallest absolute Gasteiger partial charge is 0.0703 e. The van der Waals surface area contributed by atoms with E-state index in [2.05, 4.69) is 33.0 Å². The maximum atomic E-state index is 6.01. The van der Waals surface area contributed by atoms with Gasteiger partial charge in [0.2, 0.25) is 0 Å². The first-order valence-corrected chi connectivity index (χ1v) is 6.98. The van der Waals surface area contributed by atoms with Crippen LogP contribution in [0.3, 0.4) is 0 Å². The molecule has 0 amide bonds. The molecule has 98 valence electrons. The largest absolute Gasteiger partial charge is 0.374 e. The summed E-state index contributed by atoms with van der Waals surface area (Å²) in [6.45, 7) is 8.83. The van der Waals surface area contributed by atoms with E-state index >= 15 is 0 Å². The highest BCUT2D eigenvalue weighted by Gasteiger charge is 2.16. The van der Waals surface area contributed by atoms with Gasteiger partial charge in [-0.1, -0.05) is 39.5 Å². The Balaban J connectivity index is 3.64. The van der Waals surface area contributed by atoms with Crippen LogP contribution in [0.4, 0.5) is 0 Å². The molecule has 0 spiro atoms. The molecule has 0 aliphatic rings. The number of nitrogens with one attached hydrogen (secondary N) is 1. The lowest BCUT2D eigenvalue weighted by Gasteiger charge is -2.26. The molecule has 0 heterocycles. The summed E-state index contributed by atoms with van der Waals surface area (Å²) in [5.74, 6) is 0. The van der Waals surface area contributed by atoms with E-state index in [1.807, 2.05) is 7.05 Å². The minimum absolute atomic E-state index is 0.316. The summed E-state index contributed by atoms with van der Waals surface area (Å²) in [7, 11) is 2.01. The molecule has 2 heteroatoms. The quantitative estimate of drug-likeness (QED) is 0.576. The van der Waals surface area contributed by atoms with Gasteiger partial charge in [0.05, 0.1) is 12.2 Å². The zero-order chi connectivity index (χ0) is 12.4. The van der Waals surface area contributed by atoms with Gasteiger partial charge in [-0.3, -0.25) is 0 Å². The highest BCUT2D eigenvalue weighted by molar-refractivity contribution is 4.71. The van der Waals surface area contributed by atoms with Crippen molar-refractivity contribution < 1.29 is 4.74 Å². The maximum absolute atomic E-state index is 6.01. The van der Waals surface area contributed by atoms with E-state index in [1.54, 1.807) is 0 Å². The Morgan fingerprint density at radius 3 is 2.25 bits per heavy atom. The molecular weight excluding hydrogens is 198 g/mol. The van der Waals surface area contributed by atoms with Gasteiger partial charge >= 0.3 is 0 Å². The van der Waals surface area contributed by atoms with E-state index in [-0.39, 0.29) is 0 Å². The normalized spacial score (nSPS) is 17.1. The van der Waals surface area contributed by atoms with Gasteiger partial charge in [-0.2, -0.15) is 0 Å². The molecule has 0 aliphatic heterocycles. The Hall–Kier alpha value is -0.0800. The number of hydrogen-bond donors (Lipinski definition) is 1. The third kappa shape index (κ3) is 7.24. The molecule has 0 radical (unpaired) electrons. The van der Waals surface area contributed by atoms with Gasteiger partial charge < -0.3 is 10.1 Å². The van der Waals surface area contributed by atoms with Crippen LogP contribution in [0.25, 0.3) is 0 Å². The second kappa shape index (κ2) is 10.1. The zero-order valence-electron chi connectivity index (χ0n) is 11.9. The molecule has 0 aliphatic carbocycles. The summed E-state index contributed by atoms with van der Waals surface area (Å²) in [5, 5.41) is 3.31. The number of hydrogen-bond acceptors (Lipinski definition) is 2. The lowest BCUT2D eigenvalue weighted by atomic mass is 10.1. The summed E-state index contributed by atoms with van der Waals surface area (Å²) >= 11 is 0. The van der Waals surface area contributed by atoms with Gasteiger partial charge in [-0.05, 0) is 33.7 Å². The van der Waals surface area contributed by atoms with Crippen molar-refractivity contribution in [1.29, 1.82) is 0 Å². The van der Waals surface area contributed by atoms with Crippen molar-refractivity contribution >= 4 is 0 Å². The molecule has 0 fully saturated rings. The van der Waals surface area contributed by atoms with Crippen LogP contribution in [0, 0.1) is 0 Å². The first-order valence-electron chi connectivity index (χ1n) is 6.98. The van der Waals surface area contributed by atoms with Crippen molar-refractivity contribution in [3.8, 4) is 0 Å². The Morgan fingerprint density at radius 1 is 1.06 bits per heavy atom. The second-order valence-electron chi connectivity index (χ2n) is 4.80. The Bertz CT molecular complexity index is 146. The zero-order valence-corrected chi connectivity index (χ0v) is 11.9. The van der Waals surface area contributed by atoms with Crippen LogP contribution in [-0.4, -0.2) is 25.3 Å². The molecule has 1 N–H and O–H groups in total. The molecule has 0 saturated heterocycles. The summed E-state index contributed by atoms with van der Waals surface area (Å²) < 4.78 is 6.01. The first kappa shape index (κ1) is 15.9. The Kier molecular flexibility index (Phi) is 10.0. The highest BCUT2D eigenvalue weighted by atomic mass is 16.5. The molecule has 16 heavy (non-hydrogen) atoms. The van der Waals surface area contributed by atoms with Gasteiger partial charge in [0.15, 0.2) is 0 Å². The predicted molar refractivity (Wildman–Crippen MR) is 71.9 cm³/mol. The number of ether oxygens (including phenoxy) is 1. The molecule has 0 aromatic heterocycles. The van der Waals surface area contributed by atoms with Crippen LogP contribution < -0.4 is 5.32 Å². The average molecular weight is 229 g/mol. The van der Waals surface area contributed by atoms with E-state index in [9.17, 15) is 0 Å². The van der Waals surface area contributed by atoms with E-state index in [1.165, 1.54) is 32.1 Å². The van der Waals surface area contributed by atoms with E-state index in [0.717, 1.165) is 6.42 Å². The van der Waals surface area contributed by atoms with Gasteiger partial charge in [0.25, 0.3) is 0 Å². The fourth-order valence-corrected chi connectivity index (χ4v) is 2.16. The molecule has 0 saturated carbocycles. The third-order valence-corrected chi connectivity index (χ3v) is 3.29. The summed E-state index contributed by atoms with van der Waals surface area (Å²) in [6.07, 6.45) is 8.36. The van der Waals surface area contributed by atoms with Gasteiger partial charge in [-0.15, -0.1) is 0 Å². The fourth-order valence-electron chi connectivity index (χ4n) is 2.16. The van der Waals surface area contributed by atoms with Crippen molar-refractivity contribution in [3.63, 3.8) is 0 Å². The van der Waals surface area contributed by atoms with Gasteiger partial charge in [0.1, 0.15) is 0 Å². The van der Waals surface area contributed by atoms with Crippen molar-refractivity contribution in [3.05, 3.63) is 0 Å². The van der Waals surface area contributed by atoms with E-state index in [0.29, 0.717) is 18.2 Å². The predicted octanol–water partition coefficient (Wildman–Crippen LogP) is 3.75. The number of likely N-dealkylation sites (N-methyl/N-ethyl adjacent to an activating group) is 1. The van der Waals surface area contributed by atoms with E-state index in [4.69, 9.17) is 4.74 Å². The highest BCUT2D eigenvalue weighted by Crippen LogP contribution is 2.12. The second-order valence-corrected chi connectivity index (χ2v) is 4.80. The molecule has 0 aromatic carbocycles. The monoisotopic (exact) mass is 229 g/mol. The van der Waals surface area contributed by atoms with Crippen molar-refractivity contribution in [1.82, 2.24) is 5.32 Å². The summed E-state index contributed by atoms with van der Waals surface area (Å²) in [6, 6.07) is 0.484. The molecule has 0 bridgehead atoms. The van der Waals surface area contributed by atoms with Crippen LogP contribution in [0.2, 0.25) is 0 Å². The summed E-state index contributed by atoms with van der Waals surface area (Å²) in [4.78, 5) is 0. The van der Waals surface area contributed by atoms with Gasteiger partial charge in [0, 0.05) is 6.04 Å². The maximum Gasteiger partial charge on any atom is 0.0703 e. The number of unbranched alkanes of at least 4 members (excludes halogenated alkanes) is 3. The minimum Gasteiger partial charge on any atom is -0.374 e. The van der Waals surface area contributed by atoms with Gasteiger partial charge in [-0.25, -0.2) is 0 Å². The molecule has 2 nitrogen and oxygen atoms in total. The van der Waals surface area contributed by atoms with Crippen LogP contribution in [-0.2, 0) is 4.74 Å². The SMILES string of the molecule is CCCCCCC(C)OC(C)C(CC)NC. The molecule has 3 unspecified atom stereocenters. The van der Waals surface area contributed by atoms with Crippen LogP contribution >= 0.6 is 0 Å². The van der Waals surface area contributed by atoms with Crippen LogP contribution in [0.15, 0.2) is 0 Å². The van der Waals surface area contributed by atoms with Crippen molar-refractivity contribution in [2.75, 3.05) is 7.05 Å². The molecule has 0 rings (SSSR count). The van der Waals surface area contributed by atoms with E-state index < -0.39 is 0 Å². The lowest BCUT2D eigenvalue weighted by Crippen LogP contribution is -2.38. The average Bonchev–Trinajstić information content (AvgIpc) is 2.26. The third-order valence-electron chi connectivity index (χ3n) is 3.29. The Labute approximate surface area is 102 Å². The first-order chi connectivity index (χ1) is 7.65. The fraction of sp³-hybridized carbons (Fsp3) is 1.00. The molecule has 3 atom stereocenters.